The molecule has 94 valence electrons. The quantitative estimate of drug-likeness (QED) is 0.656. The number of hydrogen-bond acceptors (Lipinski definition) is 4. The van der Waals surface area contributed by atoms with Gasteiger partial charge in [-0.25, -0.2) is 0 Å². The predicted octanol–water partition coefficient (Wildman–Crippen LogP) is 0.868. The van der Waals surface area contributed by atoms with E-state index in [9.17, 15) is 4.79 Å². The summed E-state index contributed by atoms with van der Waals surface area (Å²) >= 11 is 0. The number of hydrogen-bond donors (Lipinski definition) is 1. The molecule has 0 bridgehead atoms. The van der Waals surface area contributed by atoms with E-state index in [0.717, 1.165) is 5.92 Å². The first-order valence-electron chi connectivity index (χ1n) is 6.14. The van der Waals surface area contributed by atoms with E-state index in [1.807, 2.05) is 6.92 Å². The summed E-state index contributed by atoms with van der Waals surface area (Å²) in [7, 11) is 3.88. The van der Waals surface area contributed by atoms with Gasteiger partial charge in [-0.2, -0.15) is 0 Å². The Hall–Kier alpha value is -0.610. The highest BCUT2D eigenvalue weighted by molar-refractivity contribution is 5.76. The van der Waals surface area contributed by atoms with Gasteiger partial charge >= 0.3 is 5.97 Å². The molecule has 0 saturated heterocycles. The van der Waals surface area contributed by atoms with Crippen molar-refractivity contribution in [3.63, 3.8) is 0 Å². The Morgan fingerprint density at radius 3 is 2.62 bits per heavy atom. The van der Waals surface area contributed by atoms with Crippen LogP contribution < -0.4 is 5.32 Å². The van der Waals surface area contributed by atoms with Crippen LogP contribution in [-0.2, 0) is 9.53 Å². The summed E-state index contributed by atoms with van der Waals surface area (Å²) in [6.45, 7) is 5.22. The lowest BCUT2D eigenvalue weighted by atomic mass is 10.1. The zero-order valence-corrected chi connectivity index (χ0v) is 10.8. The van der Waals surface area contributed by atoms with Crippen molar-refractivity contribution in [3.8, 4) is 0 Å². The van der Waals surface area contributed by atoms with Crippen LogP contribution in [0.3, 0.4) is 0 Å². The van der Waals surface area contributed by atoms with Crippen LogP contribution in [0.2, 0.25) is 0 Å². The number of carbonyl (C=O) groups excluding carboxylic acids is 1. The third kappa shape index (κ3) is 3.76. The van der Waals surface area contributed by atoms with E-state index in [0.29, 0.717) is 19.2 Å². The Morgan fingerprint density at radius 2 is 2.19 bits per heavy atom. The van der Waals surface area contributed by atoms with Gasteiger partial charge in [0.25, 0.3) is 0 Å². The van der Waals surface area contributed by atoms with Crippen LogP contribution in [0.4, 0.5) is 0 Å². The van der Waals surface area contributed by atoms with Crippen molar-refractivity contribution >= 4 is 5.97 Å². The highest BCUT2D eigenvalue weighted by atomic mass is 16.5. The van der Waals surface area contributed by atoms with Crippen molar-refractivity contribution in [3.05, 3.63) is 0 Å². The van der Waals surface area contributed by atoms with E-state index >= 15 is 0 Å². The summed E-state index contributed by atoms with van der Waals surface area (Å²) in [4.78, 5) is 13.9. The molecule has 1 N–H and O–H groups in total. The smallest absolute Gasteiger partial charge is 0.324 e. The molecule has 0 heterocycles. The lowest BCUT2D eigenvalue weighted by Crippen LogP contribution is -2.47. The molecule has 1 aliphatic rings. The van der Waals surface area contributed by atoms with Crippen molar-refractivity contribution < 1.29 is 9.53 Å². The van der Waals surface area contributed by atoms with E-state index in [4.69, 9.17) is 4.74 Å². The van der Waals surface area contributed by atoms with Crippen molar-refractivity contribution in [2.75, 3.05) is 27.2 Å². The van der Waals surface area contributed by atoms with Gasteiger partial charge in [0.2, 0.25) is 0 Å². The second-order valence-corrected chi connectivity index (χ2v) is 4.61. The molecule has 0 spiro atoms. The maximum atomic E-state index is 11.6. The van der Waals surface area contributed by atoms with Crippen LogP contribution in [0, 0.1) is 5.92 Å². The fraction of sp³-hybridized carbons (Fsp3) is 0.917. The summed E-state index contributed by atoms with van der Waals surface area (Å²) in [5.74, 6) is 0.671. The van der Waals surface area contributed by atoms with Crippen LogP contribution >= 0.6 is 0 Å². The van der Waals surface area contributed by atoms with Gasteiger partial charge in [-0.05, 0) is 46.7 Å². The second-order valence-electron chi connectivity index (χ2n) is 4.61. The molecule has 0 amide bonds. The summed E-state index contributed by atoms with van der Waals surface area (Å²) in [5.41, 5.74) is 0. The Morgan fingerprint density at radius 1 is 1.56 bits per heavy atom. The Kier molecular flexibility index (Phi) is 5.22. The maximum absolute atomic E-state index is 11.6. The topological polar surface area (TPSA) is 41.6 Å². The lowest BCUT2D eigenvalue weighted by Gasteiger charge is -2.28. The molecule has 4 nitrogen and oxygen atoms in total. The zero-order valence-electron chi connectivity index (χ0n) is 10.8. The highest BCUT2D eigenvalue weighted by Crippen LogP contribution is 2.34. The van der Waals surface area contributed by atoms with E-state index in [-0.39, 0.29) is 12.0 Å². The minimum Gasteiger partial charge on any atom is -0.465 e. The monoisotopic (exact) mass is 228 g/mol. The molecule has 4 heteroatoms. The molecule has 0 aromatic carbocycles. The van der Waals surface area contributed by atoms with Crippen LogP contribution in [0.15, 0.2) is 0 Å². The molecule has 16 heavy (non-hydrogen) atoms. The van der Waals surface area contributed by atoms with Gasteiger partial charge in [-0.15, -0.1) is 0 Å². The molecule has 0 aromatic heterocycles. The first-order chi connectivity index (χ1) is 7.60. The number of carbonyl (C=O) groups is 1. The van der Waals surface area contributed by atoms with Gasteiger partial charge in [0.05, 0.1) is 6.61 Å². The normalized spacial score (nSPS) is 19.6. The fourth-order valence-electron chi connectivity index (χ4n) is 1.92. The molecule has 2 unspecified atom stereocenters. The first-order valence-corrected chi connectivity index (χ1v) is 6.14. The standard InChI is InChI=1S/C12H24N2O2/c1-5-16-12(15)11(13-3)8-14(4)9(2)10-6-7-10/h9-11,13H,5-8H2,1-4H3. The van der Waals surface area contributed by atoms with Gasteiger partial charge in [-0.3, -0.25) is 4.79 Å². The summed E-state index contributed by atoms with van der Waals surface area (Å²) in [6, 6.07) is 0.344. The molecule has 2 atom stereocenters. The van der Waals surface area contributed by atoms with Crippen molar-refractivity contribution in [2.24, 2.45) is 5.92 Å². The zero-order chi connectivity index (χ0) is 12.1. The molecule has 0 aliphatic heterocycles. The molecular formula is C12H24N2O2. The average molecular weight is 228 g/mol. The van der Waals surface area contributed by atoms with E-state index in [1.54, 1.807) is 7.05 Å². The van der Waals surface area contributed by atoms with Crippen molar-refractivity contribution in [1.29, 1.82) is 0 Å². The number of rotatable bonds is 7. The number of esters is 1. The minimum absolute atomic E-state index is 0.153. The Balaban J connectivity index is 2.38. The molecule has 0 radical (unpaired) electrons. The number of nitrogens with zero attached hydrogens (tertiary/aromatic N) is 1. The van der Waals surface area contributed by atoms with Gasteiger partial charge in [0.1, 0.15) is 6.04 Å². The van der Waals surface area contributed by atoms with E-state index in [1.165, 1.54) is 12.8 Å². The third-order valence-electron chi connectivity index (χ3n) is 3.39. The summed E-state index contributed by atoms with van der Waals surface area (Å²) in [5, 5.41) is 3.02. The number of ether oxygens (including phenoxy) is 1. The van der Waals surface area contributed by atoms with Crippen molar-refractivity contribution in [1.82, 2.24) is 10.2 Å². The van der Waals surface area contributed by atoms with Gasteiger partial charge in [0, 0.05) is 12.6 Å². The van der Waals surface area contributed by atoms with E-state index < -0.39 is 0 Å². The van der Waals surface area contributed by atoms with Crippen molar-refractivity contribution in [2.45, 2.75) is 38.8 Å². The summed E-state index contributed by atoms with van der Waals surface area (Å²) in [6.07, 6.45) is 2.66. The number of likely N-dealkylation sites (N-methyl/N-ethyl adjacent to an activating group) is 2. The third-order valence-corrected chi connectivity index (χ3v) is 3.39. The Bertz CT molecular complexity index is 229. The lowest BCUT2D eigenvalue weighted by molar-refractivity contribution is -0.146. The maximum Gasteiger partial charge on any atom is 0.324 e. The molecule has 1 fully saturated rings. The van der Waals surface area contributed by atoms with Crippen LogP contribution in [0.1, 0.15) is 26.7 Å². The molecular weight excluding hydrogens is 204 g/mol. The van der Waals surface area contributed by atoms with Gasteiger partial charge in [0.15, 0.2) is 0 Å². The second kappa shape index (κ2) is 6.21. The minimum atomic E-state index is -0.217. The van der Waals surface area contributed by atoms with Crippen LogP contribution in [0.5, 0.6) is 0 Å². The fourth-order valence-corrected chi connectivity index (χ4v) is 1.92. The first kappa shape index (κ1) is 13.5. The molecule has 0 aromatic rings. The van der Waals surface area contributed by atoms with Crippen LogP contribution in [-0.4, -0.2) is 50.2 Å². The van der Waals surface area contributed by atoms with Gasteiger partial charge in [-0.1, -0.05) is 0 Å². The largest absolute Gasteiger partial charge is 0.465 e. The van der Waals surface area contributed by atoms with E-state index in [2.05, 4.69) is 24.2 Å². The van der Waals surface area contributed by atoms with Gasteiger partial charge < -0.3 is 15.0 Å². The predicted molar refractivity (Wildman–Crippen MR) is 64.3 cm³/mol. The SMILES string of the molecule is CCOC(=O)C(CN(C)C(C)C1CC1)NC. The molecule has 1 aliphatic carbocycles. The average Bonchev–Trinajstić information content (AvgIpc) is 3.08. The Labute approximate surface area is 98.3 Å². The molecule has 1 rings (SSSR count). The van der Waals surface area contributed by atoms with Crippen LogP contribution in [0.25, 0.3) is 0 Å². The summed E-state index contributed by atoms with van der Waals surface area (Å²) < 4.78 is 5.02. The number of nitrogens with one attached hydrogen (secondary N) is 1. The molecule has 1 saturated carbocycles. The highest BCUT2D eigenvalue weighted by Gasteiger charge is 2.32.